The van der Waals surface area contributed by atoms with Crippen molar-refractivity contribution in [2.75, 3.05) is 12.3 Å². The lowest BCUT2D eigenvalue weighted by Crippen LogP contribution is -2.35. The highest BCUT2D eigenvalue weighted by Gasteiger charge is 2.10. The van der Waals surface area contributed by atoms with Crippen molar-refractivity contribution in [3.05, 3.63) is 29.8 Å². The van der Waals surface area contributed by atoms with E-state index in [0.717, 1.165) is 12.0 Å². The largest absolute Gasteiger partial charge is 0.455 e. The Balaban J connectivity index is 2.32. The lowest BCUT2D eigenvalue weighted by atomic mass is 10.1. The monoisotopic (exact) mass is 264 g/mol. The summed E-state index contributed by atoms with van der Waals surface area (Å²) in [6.07, 6.45) is 0.974. The third-order valence-electron chi connectivity index (χ3n) is 2.71. The van der Waals surface area contributed by atoms with Crippen LogP contribution in [0.5, 0.6) is 0 Å². The van der Waals surface area contributed by atoms with Crippen LogP contribution in [-0.4, -0.2) is 24.5 Å². The van der Waals surface area contributed by atoms with Crippen LogP contribution in [0.4, 0.5) is 5.69 Å². The quantitative estimate of drug-likeness (QED) is 0.599. The predicted molar refractivity (Wildman–Crippen MR) is 73.4 cm³/mol. The Morgan fingerprint density at radius 3 is 2.53 bits per heavy atom. The molecule has 0 aliphatic rings. The maximum Gasteiger partial charge on any atom is 0.310 e. The van der Waals surface area contributed by atoms with Gasteiger partial charge in [0.2, 0.25) is 0 Å². The smallest absolute Gasteiger partial charge is 0.310 e. The van der Waals surface area contributed by atoms with Gasteiger partial charge in [-0.15, -0.1) is 0 Å². The van der Waals surface area contributed by atoms with Gasteiger partial charge in [0.25, 0.3) is 5.91 Å². The van der Waals surface area contributed by atoms with E-state index in [1.165, 1.54) is 0 Å². The summed E-state index contributed by atoms with van der Waals surface area (Å²) in [5.41, 5.74) is 7.00. The molecule has 0 aliphatic carbocycles. The van der Waals surface area contributed by atoms with Gasteiger partial charge in [0.1, 0.15) is 0 Å². The molecule has 3 N–H and O–H groups in total. The van der Waals surface area contributed by atoms with E-state index in [-0.39, 0.29) is 25.0 Å². The van der Waals surface area contributed by atoms with Crippen LogP contribution < -0.4 is 11.1 Å². The van der Waals surface area contributed by atoms with Crippen LogP contribution in [0.1, 0.15) is 25.8 Å². The molecule has 1 atom stereocenters. The normalized spacial score (nSPS) is 11.7. The molecule has 5 heteroatoms. The van der Waals surface area contributed by atoms with E-state index in [0.29, 0.717) is 5.69 Å². The van der Waals surface area contributed by atoms with E-state index >= 15 is 0 Å². The van der Waals surface area contributed by atoms with Gasteiger partial charge in [0.05, 0.1) is 6.42 Å². The van der Waals surface area contributed by atoms with Gasteiger partial charge in [-0.3, -0.25) is 9.59 Å². The summed E-state index contributed by atoms with van der Waals surface area (Å²) < 4.78 is 4.90. The first-order chi connectivity index (χ1) is 9.01. The van der Waals surface area contributed by atoms with Crippen molar-refractivity contribution in [2.45, 2.75) is 32.7 Å². The van der Waals surface area contributed by atoms with E-state index in [1.807, 2.05) is 13.8 Å². The van der Waals surface area contributed by atoms with Crippen molar-refractivity contribution in [2.24, 2.45) is 0 Å². The molecule has 1 unspecified atom stereocenters. The average molecular weight is 264 g/mol. The van der Waals surface area contributed by atoms with Gasteiger partial charge in [0.15, 0.2) is 6.61 Å². The predicted octanol–water partition coefficient (Wildman–Crippen LogP) is 1.27. The van der Waals surface area contributed by atoms with E-state index in [2.05, 4.69) is 5.32 Å². The Hall–Kier alpha value is -2.04. The zero-order valence-corrected chi connectivity index (χ0v) is 11.3. The van der Waals surface area contributed by atoms with E-state index in [9.17, 15) is 9.59 Å². The molecule has 1 aromatic carbocycles. The second kappa shape index (κ2) is 7.41. The first-order valence-electron chi connectivity index (χ1n) is 6.30. The summed E-state index contributed by atoms with van der Waals surface area (Å²) in [5.74, 6) is -0.705. The molecule has 0 radical (unpaired) electrons. The summed E-state index contributed by atoms with van der Waals surface area (Å²) in [4.78, 5) is 22.9. The second-order valence-electron chi connectivity index (χ2n) is 4.46. The molecular formula is C14H20N2O3. The Morgan fingerprint density at radius 1 is 1.32 bits per heavy atom. The number of benzene rings is 1. The fourth-order valence-corrected chi connectivity index (χ4v) is 1.42. The van der Waals surface area contributed by atoms with Gasteiger partial charge in [0, 0.05) is 11.7 Å². The van der Waals surface area contributed by atoms with E-state index in [4.69, 9.17) is 10.5 Å². The number of hydrogen-bond donors (Lipinski definition) is 2. The van der Waals surface area contributed by atoms with Crippen LogP contribution in [0.3, 0.4) is 0 Å². The lowest BCUT2D eigenvalue weighted by molar-refractivity contribution is -0.148. The Labute approximate surface area is 113 Å². The van der Waals surface area contributed by atoms with Crippen LogP contribution in [0, 0.1) is 0 Å². The molecule has 104 valence electrons. The maximum absolute atomic E-state index is 11.5. The molecule has 0 aromatic heterocycles. The molecular weight excluding hydrogens is 244 g/mol. The summed E-state index contributed by atoms with van der Waals surface area (Å²) in [6, 6.07) is 7.05. The Bertz CT molecular complexity index is 429. The van der Waals surface area contributed by atoms with Crippen molar-refractivity contribution >= 4 is 17.6 Å². The van der Waals surface area contributed by atoms with Crippen LogP contribution in [-0.2, 0) is 20.7 Å². The van der Waals surface area contributed by atoms with Gasteiger partial charge in [-0.05, 0) is 31.0 Å². The molecule has 19 heavy (non-hydrogen) atoms. The minimum atomic E-state index is -0.427. The Morgan fingerprint density at radius 2 is 1.95 bits per heavy atom. The van der Waals surface area contributed by atoms with Crippen molar-refractivity contribution in [3.63, 3.8) is 0 Å². The average Bonchev–Trinajstić information content (AvgIpc) is 2.39. The lowest BCUT2D eigenvalue weighted by Gasteiger charge is -2.11. The van der Waals surface area contributed by atoms with Crippen LogP contribution in [0.2, 0.25) is 0 Å². The molecule has 0 saturated heterocycles. The summed E-state index contributed by atoms with van der Waals surface area (Å²) in [6.45, 7) is 3.63. The van der Waals surface area contributed by atoms with Gasteiger partial charge in [-0.25, -0.2) is 0 Å². The third-order valence-corrected chi connectivity index (χ3v) is 2.71. The number of anilines is 1. The molecule has 0 bridgehead atoms. The number of carbonyl (C=O) groups excluding carboxylic acids is 2. The molecule has 0 fully saturated rings. The van der Waals surface area contributed by atoms with E-state index in [1.54, 1.807) is 24.3 Å². The van der Waals surface area contributed by atoms with Gasteiger partial charge in [-0.2, -0.15) is 0 Å². The fraction of sp³-hybridized carbons (Fsp3) is 0.429. The topological polar surface area (TPSA) is 81.4 Å². The minimum Gasteiger partial charge on any atom is -0.455 e. The van der Waals surface area contributed by atoms with Crippen LogP contribution in [0.25, 0.3) is 0 Å². The van der Waals surface area contributed by atoms with Crippen molar-refractivity contribution in [3.8, 4) is 0 Å². The highest BCUT2D eigenvalue weighted by molar-refractivity contribution is 5.81. The van der Waals surface area contributed by atoms with E-state index < -0.39 is 5.97 Å². The highest BCUT2D eigenvalue weighted by atomic mass is 16.5. The number of esters is 1. The molecule has 0 aliphatic heterocycles. The molecule has 0 heterocycles. The number of ether oxygens (including phenoxy) is 1. The minimum absolute atomic E-state index is 0.0864. The number of amides is 1. The summed E-state index contributed by atoms with van der Waals surface area (Å²) in [7, 11) is 0. The molecule has 5 nitrogen and oxygen atoms in total. The van der Waals surface area contributed by atoms with Crippen molar-refractivity contribution < 1.29 is 14.3 Å². The molecule has 0 saturated carbocycles. The van der Waals surface area contributed by atoms with Gasteiger partial charge >= 0.3 is 5.97 Å². The molecule has 1 aromatic rings. The zero-order chi connectivity index (χ0) is 14.3. The number of hydrogen-bond acceptors (Lipinski definition) is 4. The Kier molecular flexibility index (Phi) is 5.85. The highest BCUT2D eigenvalue weighted by Crippen LogP contribution is 2.06. The zero-order valence-electron chi connectivity index (χ0n) is 11.3. The number of carbonyl (C=O) groups is 2. The van der Waals surface area contributed by atoms with Crippen LogP contribution in [0.15, 0.2) is 24.3 Å². The fourth-order valence-electron chi connectivity index (χ4n) is 1.42. The van der Waals surface area contributed by atoms with Crippen molar-refractivity contribution in [1.29, 1.82) is 0 Å². The van der Waals surface area contributed by atoms with Gasteiger partial charge < -0.3 is 15.8 Å². The third kappa shape index (κ3) is 5.90. The maximum atomic E-state index is 11.5. The SMILES string of the molecule is CCC(C)NC(=O)COC(=O)Cc1ccc(N)cc1. The number of nitrogens with one attached hydrogen (secondary N) is 1. The first-order valence-corrected chi connectivity index (χ1v) is 6.30. The van der Waals surface area contributed by atoms with Crippen LogP contribution >= 0.6 is 0 Å². The number of nitrogen functional groups attached to an aromatic ring is 1. The summed E-state index contributed by atoms with van der Waals surface area (Å²) >= 11 is 0. The molecule has 1 amide bonds. The second-order valence-corrected chi connectivity index (χ2v) is 4.46. The molecule has 1 rings (SSSR count). The van der Waals surface area contributed by atoms with Gasteiger partial charge in [-0.1, -0.05) is 19.1 Å². The first kappa shape index (κ1) is 15.0. The number of rotatable bonds is 6. The number of nitrogens with two attached hydrogens (primary N) is 1. The van der Waals surface area contributed by atoms with Crippen molar-refractivity contribution in [1.82, 2.24) is 5.32 Å². The standard InChI is InChI=1S/C14H20N2O3/c1-3-10(2)16-13(17)9-19-14(18)8-11-4-6-12(15)7-5-11/h4-7,10H,3,8-9,15H2,1-2H3,(H,16,17). The summed E-state index contributed by atoms with van der Waals surface area (Å²) in [5, 5.41) is 2.72. The molecule has 0 spiro atoms.